The summed E-state index contributed by atoms with van der Waals surface area (Å²) in [6.07, 6.45) is 1.14. The first-order valence-corrected chi connectivity index (χ1v) is 4.49. The van der Waals surface area contributed by atoms with Gasteiger partial charge in [0.2, 0.25) is 0 Å². The Morgan fingerprint density at radius 1 is 1.45 bits per heavy atom. The maximum atomic E-state index is 5.49. The van der Waals surface area contributed by atoms with Crippen molar-refractivity contribution in [3.05, 3.63) is 0 Å². The van der Waals surface area contributed by atoms with Crippen molar-refractivity contribution in [2.24, 2.45) is 11.1 Å². The number of nitrogens with two attached hydrogens (primary N) is 1. The monoisotopic (exact) mass is 156 g/mol. The van der Waals surface area contributed by atoms with Gasteiger partial charge in [0.15, 0.2) is 0 Å². The molecule has 0 spiro atoms. The molecule has 1 saturated heterocycles. The fourth-order valence-electron chi connectivity index (χ4n) is 1.79. The van der Waals surface area contributed by atoms with E-state index in [2.05, 4.69) is 25.7 Å². The summed E-state index contributed by atoms with van der Waals surface area (Å²) in [6.45, 7) is 10.2. The van der Waals surface area contributed by atoms with E-state index in [0.29, 0.717) is 11.5 Å². The molecule has 1 unspecified atom stereocenters. The summed E-state index contributed by atoms with van der Waals surface area (Å²) in [6, 6.07) is 0.688. The van der Waals surface area contributed by atoms with Crippen LogP contribution < -0.4 is 5.73 Å². The highest BCUT2D eigenvalue weighted by Crippen LogP contribution is 2.30. The molecule has 1 fully saturated rings. The van der Waals surface area contributed by atoms with E-state index in [-0.39, 0.29) is 0 Å². The van der Waals surface area contributed by atoms with Crippen LogP contribution in [0.2, 0.25) is 0 Å². The van der Waals surface area contributed by atoms with Gasteiger partial charge in [-0.2, -0.15) is 0 Å². The Labute approximate surface area is 69.8 Å². The van der Waals surface area contributed by atoms with Gasteiger partial charge >= 0.3 is 0 Å². The van der Waals surface area contributed by atoms with E-state index >= 15 is 0 Å². The number of hydrogen-bond acceptors (Lipinski definition) is 2. The molecule has 0 aromatic carbocycles. The second-order valence-electron chi connectivity index (χ2n) is 4.50. The first-order valence-electron chi connectivity index (χ1n) is 4.49. The first kappa shape index (κ1) is 9.01. The summed E-state index contributed by atoms with van der Waals surface area (Å²) in [5.74, 6) is 0. The molecule has 66 valence electrons. The summed E-state index contributed by atoms with van der Waals surface area (Å²) in [4.78, 5) is 2.51. The average molecular weight is 156 g/mol. The Morgan fingerprint density at radius 2 is 2.00 bits per heavy atom. The molecule has 2 heteroatoms. The molecule has 1 heterocycles. The van der Waals surface area contributed by atoms with Crippen molar-refractivity contribution in [2.45, 2.75) is 33.2 Å². The van der Waals surface area contributed by atoms with Gasteiger partial charge in [0.05, 0.1) is 0 Å². The Bertz CT molecular complexity index is 124. The third kappa shape index (κ3) is 2.17. The predicted molar refractivity (Wildman–Crippen MR) is 48.5 cm³/mol. The molecule has 0 radical (unpaired) electrons. The molecule has 0 aromatic heterocycles. The zero-order valence-electron chi connectivity index (χ0n) is 7.93. The van der Waals surface area contributed by atoms with Gasteiger partial charge in [-0.3, -0.25) is 4.90 Å². The third-order valence-corrected chi connectivity index (χ3v) is 2.47. The molecular weight excluding hydrogens is 136 g/mol. The lowest BCUT2D eigenvalue weighted by Gasteiger charge is -2.49. The molecule has 2 nitrogen and oxygen atoms in total. The zero-order valence-corrected chi connectivity index (χ0v) is 7.93. The maximum absolute atomic E-state index is 5.49. The summed E-state index contributed by atoms with van der Waals surface area (Å²) >= 11 is 0. The molecule has 11 heavy (non-hydrogen) atoms. The van der Waals surface area contributed by atoms with Gasteiger partial charge in [0, 0.05) is 19.1 Å². The summed E-state index contributed by atoms with van der Waals surface area (Å²) < 4.78 is 0. The highest BCUT2D eigenvalue weighted by atomic mass is 15.2. The van der Waals surface area contributed by atoms with Gasteiger partial charge in [-0.15, -0.1) is 0 Å². The van der Waals surface area contributed by atoms with Crippen LogP contribution in [0.3, 0.4) is 0 Å². The van der Waals surface area contributed by atoms with Crippen LogP contribution in [0.1, 0.15) is 27.2 Å². The lowest BCUT2D eigenvalue weighted by Crippen LogP contribution is -2.56. The molecule has 0 aromatic rings. The maximum Gasteiger partial charge on any atom is 0.00794 e. The van der Waals surface area contributed by atoms with Crippen molar-refractivity contribution >= 4 is 0 Å². The van der Waals surface area contributed by atoms with Crippen LogP contribution in [-0.4, -0.2) is 30.6 Å². The van der Waals surface area contributed by atoms with Crippen LogP contribution >= 0.6 is 0 Å². The molecule has 1 aliphatic rings. The summed E-state index contributed by atoms with van der Waals surface area (Å²) in [5, 5.41) is 0. The van der Waals surface area contributed by atoms with E-state index in [1.165, 1.54) is 13.1 Å². The summed E-state index contributed by atoms with van der Waals surface area (Å²) in [7, 11) is 0. The lowest BCUT2D eigenvalue weighted by atomic mass is 9.83. The van der Waals surface area contributed by atoms with E-state index in [4.69, 9.17) is 5.73 Å². The standard InChI is InChI=1S/C9H20N2/c1-8(4-5-10)11-6-9(2,3)7-11/h8H,4-7,10H2,1-3H3. The van der Waals surface area contributed by atoms with Gasteiger partial charge in [-0.1, -0.05) is 13.8 Å². The molecule has 1 rings (SSSR count). The second-order valence-corrected chi connectivity index (χ2v) is 4.50. The van der Waals surface area contributed by atoms with E-state index < -0.39 is 0 Å². The average Bonchev–Trinajstić information content (AvgIpc) is 1.83. The van der Waals surface area contributed by atoms with Crippen molar-refractivity contribution in [3.63, 3.8) is 0 Å². The van der Waals surface area contributed by atoms with Gasteiger partial charge in [-0.05, 0) is 25.3 Å². The Kier molecular flexibility index (Phi) is 2.55. The van der Waals surface area contributed by atoms with E-state index in [1.807, 2.05) is 0 Å². The molecule has 0 aliphatic carbocycles. The Hall–Kier alpha value is -0.0800. The van der Waals surface area contributed by atoms with Crippen LogP contribution in [0.5, 0.6) is 0 Å². The van der Waals surface area contributed by atoms with Crippen molar-refractivity contribution in [3.8, 4) is 0 Å². The number of hydrogen-bond donors (Lipinski definition) is 1. The second kappa shape index (κ2) is 3.11. The van der Waals surface area contributed by atoms with E-state index in [0.717, 1.165) is 13.0 Å². The predicted octanol–water partition coefficient (Wildman–Crippen LogP) is 1.07. The molecule has 0 saturated carbocycles. The number of likely N-dealkylation sites (tertiary alicyclic amines) is 1. The van der Waals surface area contributed by atoms with E-state index in [9.17, 15) is 0 Å². The Morgan fingerprint density at radius 3 is 2.36 bits per heavy atom. The smallest absolute Gasteiger partial charge is 0.00794 e. The van der Waals surface area contributed by atoms with Crippen molar-refractivity contribution < 1.29 is 0 Å². The third-order valence-electron chi connectivity index (χ3n) is 2.47. The largest absolute Gasteiger partial charge is 0.330 e. The Balaban J connectivity index is 2.21. The van der Waals surface area contributed by atoms with Gasteiger partial charge in [0.1, 0.15) is 0 Å². The summed E-state index contributed by atoms with van der Waals surface area (Å²) in [5.41, 5.74) is 6.05. The van der Waals surface area contributed by atoms with Crippen LogP contribution in [0.15, 0.2) is 0 Å². The van der Waals surface area contributed by atoms with Crippen LogP contribution in [0.25, 0.3) is 0 Å². The van der Waals surface area contributed by atoms with E-state index in [1.54, 1.807) is 0 Å². The highest BCUT2D eigenvalue weighted by Gasteiger charge is 2.35. The topological polar surface area (TPSA) is 29.3 Å². The zero-order chi connectivity index (χ0) is 8.48. The number of rotatable bonds is 3. The highest BCUT2D eigenvalue weighted by molar-refractivity contribution is 4.90. The van der Waals surface area contributed by atoms with Gasteiger partial charge in [-0.25, -0.2) is 0 Å². The normalized spacial score (nSPS) is 26.2. The van der Waals surface area contributed by atoms with Crippen molar-refractivity contribution in [1.29, 1.82) is 0 Å². The molecule has 2 N–H and O–H groups in total. The van der Waals surface area contributed by atoms with Crippen molar-refractivity contribution in [2.75, 3.05) is 19.6 Å². The molecular formula is C9H20N2. The van der Waals surface area contributed by atoms with Crippen molar-refractivity contribution in [1.82, 2.24) is 4.90 Å². The van der Waals surface area contributed by atoms with Gasteiger partial charge < -0.3 is 5.73 Å². The van der Waals surface area contributed by atoms with Crippen LogP contribution in [0, 0.1) is 5.41 Å². The molecule has 1 aliphatic heterocycles. The minimum absolute atomic E-state index is 0.558. The van der Waals surface area contributed by atoms with Crippen LogP contribution in [0.4, 0.5) is 0 Å². The molecule has 0 amide bonds. The minimum Gasteiger partial charge on any atom is -0.330 e. The molecule has 1 atom stereocenters. The lowest BCUT2D eigenvalue weighted by molar-refractivity contribution is -0.00184. The van der Waals surface area contributed by atoms with Gasteiger partial charge in [0.25, 0.3) is 0 Å². The minimum atomic E-state index is 0.558. The quantitative estimate of drug-likeness (QED) is 0.662. The SMILES string of the molecule is CC(CCN)N1CC(C)(C)C1. The fourth-order valence-corrected chi connectivity index (χ4v) is 1.79. The fraction of sp³-hybridized carbons (Fsp3) is 1.00. The van der Waals surface area contributed by atoms with Crippen LogP contribution in [-0.2, 0) is 0 Å². The first-order chi connectivity index (χ1) is 5.05. The molecule has 0 bridgehead atoms. The number of nitrogens with zero attached hydrogens (tertiary/aromatic N) is 1.